The van der Waals surface area contributed by atoms with Crippen molar-refractivity contribution in [2.75, 3.05) is 12.4 Å². The van der Waals surface area contributed by atoms with Crippen molar-refractivity contribution in [1.82, 2.24) is 4.98 Å². The molecule has 0 aliphatic heterocycles. The molecule has 4 heteroatoms. The summed E-state index contributed by atoms with van der Waals surface area (Å²) in [5, 5.41) is 2.95. The molecule has 3 rings (SSSR count). The molecule has 0 saturated heterocycles. The quantitative estimate of drug-likeness (QED) is 0.915. The third kappa shape index (κ3) is 3.11. The lowest BCUT2D eigenvalue weighted by Gasteiger charge is -2.17. The Labute approximate surface area is 124 Å². The lowest BCUT2D eigenvalue weighted by atomic mass is 10.1. The molecule has 0 radical (unpaired) electrons. The van der Waals surface area contributed by atoms with Crippen LogP contribution in [0.2, 0.25) is 0 Å². The van der Waals surface area contributed by atoms with Crippen LogP contribution in [0.3, 0.4) is 0 Å². The Morgan fingerprint density at radius 1 is 1.24 bits per heavy atom. The maximum atomic E-state index is 12.5. The molecule has 1 saturated carbocycles. The molecule has 4 nitrogen and oxygen atoms in total. The van der Waals surface area contributed by atoms with E-state index in [1.165, 1.54) is 0 Å². The van der Waals surface area contributed by atoms with E-state index in [-0.39, 0.29) is 5.91 Å². The minimum atomic E-state index is -0.613. The van der Waals surface area contributed by atoms with E-state index in [0.717, 1.165) is 29.8 Å². The summed E-state index contributed by atoms with van der Waals surface area (Å²) >= 11 is 0. The number of benzene rings is 1. The number of rotatable bonds is 5. The van der Waals surface area contributed by atoms with Gasteiger partial charge in [-0.3, -0.25) is 9.78 Å². The molecule has 1 unspecified atom stereocenters. The molecule has 1 fully saturated rings. The highest BCUT2D eigenvalue weighted by atomic mass is 16.5. The van der Waals surface area contributed by atoms with Gasteiger partial charge >= 0.3 is 0 Å². The molecular formula is C17H18N2O2. The van der Waals surface area contributed by atoms with E-state index in [1.54, 1.807) is 13.3 Å². The molecule has 0 bridgehead atoms. The van der Waals surface area contributed by atoms with E-state index in [2.05, 4.69) is 10.3 Å². The molecule has 21 heavy (non-hydrogen) atoms. The molecule has 0 spiro atoms. The minimum Gasteiger partial charge on any atom is -0.367 e. The number of aromatic nitrogens is 1. The largest absolute Gasteiger partial charge is 0.367 e. The fourth-order valence-electron chi connectivity index (χ4n) is 2.43. The van der Waals surface area contributed by atoms with Gasteiger partial charge in [-0.1, -0.05) is 30.3 Å². The second-order valence-corrected chi connectivity index (χ2v) is 5.23. The van der Waals surface area contributed by atoms with E-state index in [0.29, 0.717) is 5.92 Å². The highest BCUT2D eigenvalue weighted by Crippen LogP contribution is 2.42. The molecular weight excluding hydrogens is 264 g/mol. The topological polar surface area (TPSA) is 51.2 Å². The highest BCUT2D eigenvalue weighted by molar-refractivity contribution is 5.95. The normalized spacial score (nSPS) is 15.5. The lowest BCUT2D eigenvalue weighted by Crippen LogP contribution is -2.23. The number of pyridine rings is 1. The summed E-state index contributed by atoms with van der Waals surface area (Å²) in [4.78, 5) is 16.9. The first-order valence-corrected chi connectivity index (χ1v) is 7.13. The summed E-state index contributed by atoms with van der Waals surface area (Å²) in [6.45, 7) is 0. The number of carbonyl (C=O) groups excluding carboxylic acids is 1. The third-order valence-corrected chi connectivity index (χ3v) is 3.64. The van der Waals surface area contributed by atoms with E-state index in [1.807, 2.05) is 42.5 Å². The van der Waals surface area contributed by atoms with Crippen LogP contribution in [0, 0.1) is 0 Å². The van der Waals surface area contributed by atoms with Gasteiger partial charge in [0.2, 0.25) is 0 Å². The number of hydrogen-bond acceptors (Lipinski definition) is 3. The van der Waals surface area contributed by atoms with Crippen molar-refractivity contribution >= 4 is 11.6 Å². The summed E-state index contributed by atoms with van der Waals surface area (Å²) in [6, 6.07) is 13.2. The van der Waals surface area contributed by atoms with Crippen molar-refractivity contribution in [2.24, 2.45) is 0 Å². The predicted molar refractivity (Wildman–Crippen MR) is 81.0 cm³/mol. The Balaban J connectivity index is 1.79. The highest BCUT2D eigenvalue weighted by Gasteiger charge is 2.29. The predicted octanol–water partition coefficient (Wildman–Crippen LogP) is 3.29. The Morgan fingerprint density at radius 3 is 2.67 bits per heavy atom. The molecule has 1 aliphatic carbocycles. The van der Waals surface area contributed by atoms with Gasteiger partial charge in [0, 0.05) is 19.2 Å². The van der Waals surface area contributed by atoms with Crippen LogP contribution in [0.15, 0.2) is 48.7 Å². The van der Waals surface area contributed by atoms with Crippen molar-refractivity contribution in [3.05, 3.63) is 59.9 Å². The van der Waals surface area contributed by atoms with Gasteiger partial charge in [0.1, 0.15) is 0 Å². The van der Waals surface area contributed by atoms with Crippen molar-refractivity contribution in [3.8, 4) is 0 Å². The van der Waals surface area contributed by atoms with Gasteiger partial charge in [-0.2, -0.15) is 0 Å². The molecule has 1 heterocycles. The van der Waals surface area contributed by atoms with Crippen molar-refractivity contribution in [3.63, 3.8) is 0 Å². The maximum absolute atomic E-state index is 12.5. The first-order valence-electron chi connectivity index (χ1n) is 7.13. The Kier molecular flexibility index (Phi) is 3.97. The number of amides is 1. The van der Waals surface area contributed by atoms with Crippen LogP contribution in [-0.2, 0) is 9.53 Å². The van der Waals surface area contributed by atoms with Crippen LogP contribution in [0.4, 0.5) is 5.69 Å². The number of methoxy groups -OCH3 is 1. The molecule has 1 aromatic heterocycles. The second kappa shape index (κ2) is 6.06. The van der Waals surface area contributed by atoms with Gasteiger partial charge in [-0.25, -0.2) is 0 Å². The molecule has 2 aromatic rings. The summed E-state index contributed by atoms with van der Waals surface area (Å²) in [6.07, 6.45) is 3.45. The SMILES string of the molecule is COC(C(=O)Nc1cccnc1C1CC1)c1ccccc1. The molecule has 1 aromatic carbocycles. The number of anilines is 1. The summed E-state index contributed by atoms with van der Waals surface area (Å²) in [5.41, 5.74) is 2.62. The lowest BCUT2D eigenvalue weighted by molar-refractivity contribution is -0.126. The molecule has 1 atom stereocenters. The Morgan fingerprint density at radius 2 is 2.00 bits per heavy atom. The van der Waals surface area contributed by atoms with Crippen LogP contribution in [0.1, 0.15) is 36.1 Å². The van der Waals surface area contributed by atoms with E-state index >= 15 is 0 Å². The fraction of sp³-hybridized carbons (Fsp3) is 0.294. The zero-order chi connectivity index (χ0) is 14.7. The van der Waals surface area contributed by atoms with Gasteiger partial charge in [0.15, 0.2) is 6.10 Å². The van der Waals surface area contributed by atoms with Gasteiger partial charge < -0.3 is 10.1 Å². The Bertz CT molecular complexity index is 624. The first kappa shape index (κ1) is 13.8. The monoisotopic (exact) mass is 282 g/mol. The first-order chi connectivity index (χ1) is 10.3. The second-order valence-electron chi connectivity index (χ2n) is 5.23. The zero-order valence-corrected chi connectivity index (χ0v) is 12.0. The van der Waals surface area contributed by atoms with Crippen molar-refractivity contribution < 1.29 is 9.53 Å². The van der Waals surface area contributed by atoms with Crippen LogP contribution < -0.4 is 5.32 Å². The maximum Gasteiger partial charge on any atom is 0.258 e. The summed E-state index contributed by atoms with van der Waals surface area (Å²) < 4.78 is 5.35. The molecule has 108 valence electrons. The average molecular weight is 282 g/mol. The van der Waals surface area contributed by atoms with Crippen LogP contribution in [0.25, 0.3) is 0 Å². The number of ether oxygens (including phenoxy) is 1. The van der Waals surface area contributed by atoms with Gasteiger partial charge in [-0.05, 0) is 30.5 Å². The number of nitrogens with one attached hydrogen (secondary N) is 1. The van der Waals surface area contributed by atoms with E-state index in [9.17, 15) is 4.79 Å². The van der Waals surface area contributed by atoms with E-state index in [4.69, 9.17) is 4.74 Å². The smallest absolute Gasteiger partial charge is 0.258 e. The van der Waals surface area contributed by atoms with Crippen LogP contribution >= 0.6 is 0 Å². The molecule has 1 N–H and O–H groups in total. The fourth-order valence-corrected chi connectivity index (χ4v) is 2.43. The Hall–Kier alpha value is -2.20. The van der Waals surface area contributed by atoms with Crippen molar-refractivity contribution in [2.45, 2.75) is 24.9 Å². The van der Waals surface area contributed by atoms with Gasteiger partial charge in [0.25, 0.3) is 5.91 Å². The number of nitrogens with zero attached hydrogens (tertiary/aromatic N) is 1. The average Bonchev–Trinajstić information content (AvgIpc) is 3.34. The van der Waals surface area contributed by atoms with Gasteiger partial charge in [-0.15, -0.1) is 0 Å². The standard InChI is InChI=1S/C17H18N2O2/c1-21-16(13-6-3-2-4-7-13)17(20)19-14-8-5-11-18-15(14)12-9-10-12/h2-8,11-12,16H,9-10H2,1H3,(H,19,20). The van der Waals surface area contributed by atoms with Gasteiger partial charge in [0.05, 0.1) is 11.4 Å². The van der Waals surface area contributed by atoms with Crippen LogP contribution in [-0.4, -0.2) is 18.0 Å². The third-order valence-electron chi connectivity index (χ3n) is 3.64. The van der Waals surface area contributed by atoms with Crippen molar-refractivity contribution in [1.29, 1.82) is 0 Å². The van der Waals surface area contributed by atoms with E-state index < -0.39 is 6.10 Å². The number of carbonyl (C=O) groups is 1. The molecule has 1 aliphatic rings. The minimum absolute atomic E-state index is 0.168. The van der Waals surface area contributed by atoms with Crippen LogP contribution in [0.5, 0.6) is 0 Å². The zero-order valence-electron chi connectivity index (χ0n) is 12.0. The molecule has 1 amide bonds. The summed E-state index contributed by atoms with van der Waals surface area (Å²) in [7, 11) is 1.54. The number of hydrogen-bond donors (Lipinski definition) is 1. The summed E-state index contributed by atoms with van der Waals surface area (Å²) in [5.74, 6) is 0.317.